The highest BCUT2D eigenvalue weighted by Gasteiger charge is 2.44. The van der Waals surface area contributed by atoms with Crippen molar-refractivity contribution in [3.05, 3.63) is 0 Å². The summed E-state index contributed by atoms with van der Waals surface area (Å²) in [7, 11) is 1.78. The zero-order valence-electron chi connectivity index (χ0n) is 7.05. The third kappa shape index (κ3) is 1.30. The van der Waals surface area contributed by atoms with Crippen molar-refractivity contribution in [2.24, 2.45) is 0 Å². The van der Waals surface area contributed by atoms with E-state index in [1.165, 1.54) is 6.92 Å². The summed E-state index contributed by atoms with van der Waals surface area (Å²) in [5.74, 6) is -0.116. The first-order chi connectivity index (χ1) is 5.11. The first-order valence-electron chi connectivity index (χ1n) is 4.02. The Balaban J connectivity index is 2.75. The molecule has 3 heteroatoms. The van der Waals surface area contributed by atoms with Gasteiger partial charge in [0.25, 0.3) is 0 Å². The fourth-order valence-electron chi connectivity index (χ4n) is 1.79. The smallest absolute Gasteiger partial charge is 0.162 e. The van der Waals surface area contributed by atoms with Crippen LogP contribution in [0.15, 0.2) is 0 Å². The minimum atomic E-state index is -1.09. The summed E-state index contributed by atoms with van der Waals surface area (Å²) in [6.45, 7) is 1.45. The average Bonchev–Trinajstić information content (AvgIpc) is 2.32. The molecule has 0 amide bonds. The molecular weight excluding hydrogens is 142 g/mol. The molecule has 1 aliphatic rings. The molecule has 1 rings (SSSR count). The van der Waals surface area contributed by atoms with Crippen molar-refractivity contribution in [1.29, 1.82) is 0 Å². The first kappa shape index (κ1) is 8.68. The molecular formula is C8H15NO2. The Morgan fingerprint density at radius 1 is 1.73 bits per heavy atom. The van der Waals surface area contributed by atoms with Crippen LogP contribution < -0.4 is 5.32 Å². The summed E-state index contributed by atoms with van der Waals surface area (Å²) < 4.78 is 0. The van der Waals surface area contributed by atoms with E-state index in [0.29, 0.717) is 6.42 Å². The number of hydrogen-bond donors (Lipinski definition) is 2. The lowest BCUT2D eigenvalue weighted by Crippen LogP contribution is -2.50. The number of likely N-dealkylation sites (N-methyl/N-ethyl adjacent to an activating group) is 1. The second kappa shape index (κ2) is 2.91. The Labute approximate surface area is 66.8 Å². The van der Waals surface area contributed by atoms with Crippen LogP contribution in [-0.4, -0.2) is 29.6 Å². The van der Waals surface area contributed by atoms with Crippen molar-refractivity contribution in [2.75, 3.05) is 7.05 Å². The summed E-state index contributed by atoms with van der Waals surface area (Å²) in [6, 6.07) is -0.0417. The van der Waals surface area contributed by atoms with Gasteiger partial charge in [0.2, 0.25) is 0 Å². The Kier molecular flexibility index (Phi) is 2.30. The van der Waals surface area contributed by atoms with E-state index in [1.54, 1.807) is 7.05 Å². The molecule has 1 aliphatic carbocycles. The van der Waals surface area contributed by atoms with Crippen LogP contribution in [0.1, 0.15) is 26.2 Å². The Bertz CT molecular complexity index is 169. The minimum Gasteiger partial charge on any atom is -0.380 e. The van der Waals surface area contributed by atoms with E-state index in [4.69, 9.17) is 0 Å². The van der Waals surface area contributed by atoms with Crippen LogP contribution in [0.25, 0.3) is 0 Å². The lowest BCUT2D eigenvalue weighted by Gasteiger charge is -2.26. The molecule has 0 bridgehead atoms. The average molecular weight is 157 g/mol. The molecule has 1 fully saturated rings. The molecule has 0 saturated heterocycles. The highest BCUT2D eigenvalue weighted by atomic mass is 16.3. The SMILES string of the molecule is CNC1CCCC1(O)C(C)=O. The van der Waals surface area contributed by atoms with Crippen molar-refractivity contribution in [3.63, 3.8) is 0 Å². The van der Waals surface area contributed by atoms with Crippen LogP contribution in [0.2, 0.25) is 0 Å². The van der Waals surface area contributed by atoms with Crippen LogP contribution in [0.3, 0.4) is 0 Å². The summed E-state index contributed by atoms with van der Waals surface area (Å²) in [5.41, 5.74) is -1.09. The Morgan fingerprint density at radius 3 is 2.73 bits per heavy atom. The number of rotatable bonds is 2. The lowest BCUT2D eigenvalue weighted by molar-refractivity contribution is -0.136. The van der Waals surface area contributed by atoms with Gasteiger partial charge in [-0.2, -0.15) is 0 Å². The van der Waals surface area contributed by atoms with Crippen LogP contribution >= 0.6 is 0 Å². The van der Waals surface area contributed by atoms with E-state index >= 15 is 0 Å². The fourth-order valence-corrected chi connectivity index (χ4v) is 1.79. The topological polar surface area (TPSA) is 49.3 Å². The maximum absolute atomic E-state index is 11.0. The van der Waals surface area contributed by atoms with Crippen molar-refractivity contribution in [3.8, 4) is 0 Å². The number of aliphatic hydroxyl groups is 1. The molecule has 11 heavy (non-hydrogen) atoms. The van der Waals surface area contributed by atoms with Gasteiger partial charge in [0.05, 0.1) is 0 Å². The number of Topliss-reactive ketones (excluding diaryl/α,β-unsaturated/α-hetero) is 1. The fraction of sp³-hybridized carbons (Fsp3) is 0.875. The van der Waals surface area contributed by atoms with Crippen molar-refractivity contribution < 1.29 is 9.90 Å². The molecule has 2 N–H and O–H groups in total. The van der Waals surface area contributed by atoms with E-state index in [-0.39, 0.29) is 11.8 Å². The van der Waals surface area contributed by atoms with E-state index < -0.39 is 5.60 Å². The molecule has 0 aliphatic heterocycles. The van der Waals surface area contributed by atoms with Gasteiger partial charge in [-0.1, -0.05) is 0 Å². The molecule has 1 saturated carbocycles. The molecule has 0 spiro atoms. The predicted molar refractivity (Wildman–Crippen MR) is 42.3 cm³/mol. The van der Waals surface area contributed by atoms with Gasteiger partial charge in [-0.3, -0.25) is 4.79 Å². The van der Waals surface area contributed by atoms with Gasteiger partial charge in [0.15, 0.2) is 5.78 Å². The van der Waals surface area contributed by atoms with Crippen molar-refractivity contribution in [2.45, 2.75) is 37.8 Å². The predicted octanol–water partition coefficient (Wildman–Crippen LogP) is 0.0784. The normalized spacial score (nSPS) is 37.5. The summed E-state index contributed by atoms with van der Waals surface area (Å²) >= 11 is 0. The highest BCUT2D eigenvalue weighted by Crippen LogP contribution is 2.30. The highest BCUT2D eigenvalue weighted by molar-refractivity contribution is 5.85. The number of carbonyl (C=O) groups excluding carboxylic acids is 1. The van der Waals surface area contributed by atoms with Gasteiger partial charge in [-0.05, 0) is 33.2 Å². The molecule has 0 radical (unpaired) electrons. The monoisotopic (exact) mass is 157 g/mol. The van der Waals surface area contributed by atoms with Gasteiger partial charge in [0.1, 0.15) is 5.60 Å². The molecule has 0 aromatic rings. The van der Waals surface area contributed by atoms with Crippen LogP contribution in [-0.2, 0) is 4.79 Å². The maximum Gasteiger partial charge on any atom is 0.162 e. The molecule has 3 nitrogen and oxygen atoms in total. The molecule has 0 aromatic heterocycles. The zero-order chi connectivity index (χ0) is 8.48. The summed E-state index contributed by atoms with van der Waals surface area (Å²) in [6.07, 6.45) is 2.43. The van der Waals surface area contributed by atoms with E-state index in [2.05, 4.69) is 5.32 Å². The second-order valence-corrected chi connectivity index (χ2v) is 3.21. The maximum atomic E-state index is 11.0. The second-order valence-electron chi connectivity index (χ2n) is 3.21. The number of hydrogen-bond acceptors (Lipinski definition) is 3. The quantitative estimate of drug-likeness (QED) is 0.596. The molecule has 2 atom stereocenters. The van der Waals surface area contributed by atoms with Crippen LogP contribution in [0.5, 0.6) is 0 Å². The van der Waals surface area contributed by atoms with Gasteiger partial charge in [0, 0.05) is 6.04 Å². The van der Waals surface area contributed by atoms with Gasteiger partial charge in [-0.25, -0.2) is 0 Å². The van der Waals surface area contributed by atoms with Crippen LogP contribution in [0.4, 0.5) is 0 Å². The van der Waals surface area contributed by atoms with Crippen molar-refractivity contribution >= 4 is 5.78 Å². The minimum absolute atomic E-state index is 0.0417. The van der Waals surface area contributed by atoms with Crippen LogP contribution in [0, 0.1) is 0 Å². The molecule has 64 valence electrons. The Morgan fingerprint density at radius 2 is 2.36 bits per heavy atom. The van der Waals surface area contributed by atoms with Gasteiger partial charge < -0.3 is 10.4 Å². The standard InChI is InChI=1S/C8H15NO2/c1-6(10)8(11)5-3-4-7(8)9-2/h7,9,11H,3-5H2,1-2H3. The van der Waals surface area contributed by atoms with Crippen molar-refractivity contribution in [1.82, 2.24) is 5.32 Å². The first-order valence-corrected chi connectivity index (χ1v) is 4.02. The van der Waals surface area contributed by atoms with E-state index in [1.807, 2.05) is 0 Å². The molecule has 2 unspecified atom stereocenters. The largest absolute Gasteiger partial charge is 0.380 e. The lowest BCUT2D eigenvalue weighted by atomic mass is 9.93. The van der Waals surface area contributed by atoms with E-state index in [0.717, 1.165) is 12.8 Å². The third-order valence-corrected chi connectivity index (χ3v) is 2.59. The number of carbonyl (C=O) groups is 1. The summed E-state index contributed by atoms with van der Waals surface area (Å²) in [5, 5.41) is 12.8. The van der Waals surface area contributed by atoms with Gasteiger partial charge in [-0.15, -0.1) is 0 Å². The summed E-state index contributed by atoms with van der Waals surface area (Å²) in [4.78, 5) is 11.0. The molecule has 0 heterocycles. The number of ketones is 1. The zero-order valence-corrected chi connectivity index (χ0v) is 7.05. The van der Waals surface area contributed by atoms with Gasteiger partial charge >= 0.3 is 0 Å². The number of nitrogens with one attached hydrogen (secondary N) is 1. The molecule has 0 aromatic carbocycles. The third-order valence-electron chi connectivity index (χ3n) is 2.59. The van der Waals surface area contributed by atoms with E-state index in [9.17, 15) is 9.90 Å². The Hall–Kier alpha value is -0.410.